The molecule has 0 saturated heterocycles. The highest BCUT2D eigenvalue weighted by molar-refractivity contribution is 7.89. The fraction of sp³-hybridized carbons (Fsp3) is 0.556. The Morgan fingerprint density at radius 1 is 1.05 bits per heavy atom. The Hall–Kier alpha value is -1.98. The number of carbonyl (C=O) groups is 2. The number of ether oxygens (including phenoxy) is 1. The zero-order chi connectivity index (χ0) is 27.6. The Balaban J connectivity index is 0.00000507. The molecule has 1 aromatic carbocycles. The minimum Gasteiger partial charge on any atom is -0.462 e. The van der Waals surface area contributed by atoms with E-state index >= 15 is 0 Å². The smallest absolute Gasteiger partial charge is 0.341 e. The fourth-order valence-corrected chi connectivity index (χ4v) is 7.87. The summed E-state index contributed by atoms with van der Waals surface area (Å²) in [6.07, 6.45) is 2.05. The second-order valence-electron chi connectivity index (χ2n) is 10.5. The summed E-state index contributed by atoms with van der Waals surface area (Å²) in [5.41, 5.74) is 0.943. The van der Waals surface area contributed by atoms with Crippen molar-refractivity contribution >= 4 is 50.6 Å². The van der Waals surface area contributed by atoms with Gasteiger partial charge in [-0.3, -0.25) is 4.79 Å². The molecule has 0 bridgehead atoms. The van der Waals surface area contributed by atoms with Gasteiger partial charge in [-0.15, -0.1) is 23.7 Å². The second kappa shape index (κ2) is 12.5. The van der Waals surface area contributed by atoms with Crippen molar-refractivity contribution in [3.63, 3.8) is 0 Å². The Morgan fingerprint density at radius 2 is 1.63 bits per heavy atom. The number of halogens is 1. The van der Waals surface area contributed by atoms with Gasteiger partial charge in [0.2, 0.25) is 10.0 Å². The van der Waals surface area contributed by atoms with Gasteiger partial charge >= 0.3 is 5.97 Å². The number of sulfonamides is 1. The third kappa shape index (κ3) is 6.77. The zero-order valence-electron chi connectivity index (χ0n) is 23.3. The maximum absolute atomic E-state index is 13.2. The predicted octanol–water partition coefficient (Wildman–Crippen LogP) is 5.57. The minimum atomic E-state index is -3.64. The molecule has 11 heteroatoms. The van der Waals surface area contributed by atoms with E-state index in [9.17, 15) is 18.0 Å². The van der Waals surface area contributed by atoms with E-state index in [-0.39, 0.29) is 29.4 Å². The van der Waals surface area contributed by atoms with E-state index in [2.05, 4.69) is 38.3 Å². The van der Waals surface area contributed by atoms with Gasteiger partial charge < -0.3 is 15.4 Å². The molecule has 3 rings (SSSR count). The molecule has 212 valence electrons. The van der Waals surface area contributed by atoms with Crippen LogP contribution < -0.4 is 10.6 Å². The average Bonchev–Trinajstić information content (AvgIpc) is 3.16. The van der Waals surface area contributed by atoms with Gasteiger partial charge in [-0.05, 0) is 83.7 Å². The number of esters is 1. The number of nitrogens with one attached hydrogen (secondary N) is 2. The van der Waals surface area contributed by atoms with Crippen LogP contribution in [0.4, 0.5) is 5.00 Å². The SMILES string of the molecule is CCCN(CCC)S(=O)(=O)c1ccc(C(=O)Nc2sc3c(c2C(=O)OCC)CC(C)(C)NC3(C)C)cc1.Cl. The van der Waals surface area contributed by atoms with Crippen LogP contribution in [0.25, 0.3) is 0 Å². The quantitative estimate of drug-likeness (QED) is 0.353. The minimum absolute atomic E-state index is 0. The summed E-state index contributed by atoms with van der Waals surface area (Å²) < 4.78 is 33.0. The number of benzene rings is 1. The maximum atomic E-state index is 13.2. The van der Waals surface area contributed by atoms with Gasteiger partial charge in [-0.2, -0.15) is 4.31 Å². The van der Waals surface area contributed by atoms with Crippen LogP contribution in [-0.4, -0.2) is 49.8 Å². The van der Waals surface area contributed by atoms with Crippen molar-refractivity contribution in [1.82, 2.24) is 9.62 Å². The third-order valence-electron chi connectivity index (χ3n) is 6.25. The summed E-state index contributed by atoms with van der Waals surface area (Å²) in [6.45, 7) is 15.0. The molecule has 1 aliphatic rings. The Morgan fingerprint density at radius 3 is 2.16 bits per heavy atom. The zero-order valence-corrected chi connectivity index (χ0v) is 25.7. The lowest BCUT2D eigenvalue weighted by atomic mass is 9.81. The molecule has 2 heterocycles. The number of carbonyl (C=O) groups excluding carboxylic acids is 2. The Labute approximate surface area is 237 Å². The van der Waals surface area contributed by atoms with E-state index in [1.165, 1.54) is 39.9 Å². The van der Waals surface area contributed by atoms with Crippen molar-refractivity contribution < 1.29 is 22.7 Å². The molecule has 0 atom stereocenters. The summed E-state index contributed by atoms with van der Waals surface area (Å²) in [5.74, 6) is -0.880. The lowest BCUT2D eigenvalue weighted by Crippen LogP contribution is -2.55. The second-order valence-corrected chi connectivity index (χ2v) is 13.5. The van der Waals surface area contributed by atoms with Crippen molar-refractivity contribution in [3.05, 3.63) is 45.8 Å². The number of hydrogen-bond acceptors (Lipinski definition) is 7. The van der Waals surface area contributed by atoms with Crippen LogP contribution in [-0.2, 0) is 26.7 Å². The number of hydrogen-bond donors (Lipinski definition) is 2. The summed E-state index contributed by atoms with van der Waals surface area (Å²) >= 11 is 1.37. The molecule has 0 fully saturated rings. The number of amides is 1. The van der Waals surface area contributed by atoms with E-state index in [4.69, 9.17) is 4.74 Å². The lowest BCUT2D eigenvalue weighted by Gasteiger charge is -2.42. The molecule has 8 nitrogen and oxygen atoms in total. The number of fused-ring (bicyclic) bond motifs is 1. The first-order chi connectivity index (χ1) is 17.3. The molecule has 38 heavy (non-hydrogen) atoms. The largest absolute Gasteiger partial charge is 0.462 e. The molecule has 0 radical (unpaired) electrons. The molecule has 0 unspecified atom stereocenters. The Bertz CT molecular complexity index is 1250. The van der Waals surface area contributed by atoms with Gasteiger partial charge in [-0.1, -0.05) is 13.8 Å². The number of anilines is 1. The van der Waals surface area contributed by atoms with Crippen molar-refractivity contribution in [2.45, 2.75) is 83.7 Å². The van der Waals surface area contributed by atoms with E-state index in [0.29, 0.717) is 35.6 Å². The van der Waals surface area contributed by atoms with Crippen molar-refractivity contribution in [2.24, 2.45) is 0 Å². The molecular formula is C27H40ClN3O5S2. The van der Waals surface area contributed by atoms with Gasteiger partial charge in [0.1, 0.15) is 5.00 Å². The van der Waals surface area contributed by atoms with Crippen LogP contribution in [0.1, 0.15) is 92.5 Å². The summed E-state index contributed by atoms with van der Waals surface area (Å²) in [6, 6.07) is 5.93. The first-order valence-electron chi connectivity index (χ1n) is 12.8. The van der Waals surface area contributed by atoms with Crippen LogP contribution in [0, 0.1) is 0 Å². The molecule has 1 amide bonds. The van der Waals surface area contributed by atoms with E-state index in [0.717, 1.165) is 23.3 Å². The fourth-order valence-electron chi connectivity index (χ4n) is 4.99. The first kappa shape index (κ1) is 32.2. The third-order valence-corrected chi connectivity index (χ3v) is 9.64. The number of thiophene rings is 1. The van der Waals surface area contributed by atoms with Crippen molar-refractivity contribution in [3.8, 4) is 0 Å². The molecule has 0 spiro atoms. The number of rotatable bonds is 10. The highest BCUT2D eigenvalue weighted by Crippen LogP contribution is 2.45. The van der Waals surface area contributed by atoms with Gasteiger partial charge in [0, 0.05) is 34.6 Å². The molecule has 1 aliphatic heterocycles. The van der Waals surface area contributed by atoms with Crippen LogP contribution in [0.5, 0.6) is 0 Å². The lowest BCUT2D eigenvalue weighted by molar-refractivity contribution is 0.0525. The van der Waals surface area contributed by atoms with Crippen LogP contribution in [0.15, 0.2) is 29.2 Å². The van der Waals surface area contributed by atoms with Crippen LogP contribution in [0.3, 0.4) is 0 Å². The normalized spacial score (nSPS) is 15.9. The van der Waals surface area contributed by atoms with Crippen molar-refractivity contribution in [2.75, 3.05) is 25.0 Å². The molecule has 0 saturated carbocycles. The Kier molecular flexibility index (Phi) is 10.6. The number of nitrogens with zero attached hydrogens (tertiary/aromatic N) is 1. The van der Waals surface area contributed by atoms with Gasteiger partial charge in [0.05, 0.1) is 17.1 Å². The maximum Gasteiger partial charge on any atom is 0.341 e. The van der Waals surface area contributed by atoms with E-state index in [1.807, 2.05) is 13.8 Å². The summed E-state index contributed by atoms with van der Waals surface area (Å²) in [4.78, 5) is 27.4. The predicted molar refractivity (Wildman–Crippen MR) is 155 cm³/mol. The highest BCUT2D eigenvalue weighted by Gasteiger charge is 2.42. The van der Waals surface area contributed by atoms with Crippen LogP contribution in [0.2, 0.25) is 0 Å². The average molecular weight is 586 g/mol. The van der Waals surface area contributed by atoms with Gasteiger partial charge in [0.15, 0.2) is 0 Å². The molecule has 2 aromatic rings. The van der Waals surface area contributed by atoms with Crippen LogP contribution >= 0.6 is 23.7 Å². The molecular weight excluding hydrogens is 546 g/mol. The van der Waals surface area contributed by atoms with E-state index in [1.54, 1.807) is 6.92 Å². The standard InChI is InChI=1S/C27H39N3O5S2.ClH/c1-8-15-30(16-9-2)37(33,34)19-13-11-18(12-14-19)23(31)28-24-21(25(32)35-10-3)20-17-26(4,5)29-27(6,7)22(20)36-24;/h11-14,29H,8-10,15-17H2,1-7H3,(H,28,31);1H. The first-order valence-corrected chi connectivity index (χ1v) is 15.1. The topological polar surface area (TPSA) is 105 Å². The van der Waals surface area contributed by atoms with Crippen molar-refractivity contribution in [1.29, 1.82) is 0 Å². The highest BCUT2D eigenvalue weighted by atomic mass is 35.5. The molecule has 2 N–H and O–H groups in total. The molecule has 0 aliphatic carbocycles. The molecule has 1 aromatic heterocycles. The van der Waals surface area contributed by atoms with Gasteiger partial charge in [-0.25, -0.2) is 13.2 Å². The van der Waals surface area contributed by atoms with E-state index < -0.39 is 27.4 Å². The summed E-state index contributed by atoms with van der Waals surface area (Å²) in [7, 11) is -3.64. The van der Waals surface area contributed by atoms with Gasteiger partial charge in [0.25, 0.3) is 5.91 Å². The monoisotopic (exact) mass is 585 g/mol. The summed E-state index contributed by atoms with van der Waals surface area (Å²) in [5, 5.41) is 6.96.